The number of pyridine rings is 1. The third-order valence-corrected chi connectivity index (χ3v) is 4.81. The Morgan fingerprint density at radius 2 is 2.32 bits per heavy atom. The maximum Gasteiger partial charge on any atom is 0.0420 e. The summed E-state index contributed by atoms with van der Waals surface area (Å²) in [6, 6.07) is 6.75. The van der Waals surface area contributed by atoms with E-state index in [4.69, 9.17) is 0 Å². The van der Waals surface area contributed by atoms with Gasteiger partial charge >= 0.3 is 0 Å². The first-order valence-corrected chi connectivity index (χ1v) is 8.25. The topological polar surface area (TPSA) is 24.9 Å². The van der Waals surface area contributed by atoms with Crippen molar-refractivity contribution in [3.63, 3.8) is 0 Å². The van der Waals surface area contributed by atoms with Crippen molar-refractivity contribution in [3.8, 4) is 0 Å². The summed E-state index contributed by atoms with van der Waals surface area (Å²) in [5, 5.41) is 5.78. The summed E-state index contributed by atoms with van der Waals surface area (Å²) in [5.41, 5.74) is 2.42. The number of hydrogen-bond acceptors (Lipinski definition) is 3. The third-order valence-electron chi connectivity index (χ3n) is 3.09. The van der Waals surface area contributed by atoms with E-state index < -0.39 is 0 Å². The van der Waals surface area contributed by atoms with Crippen LogP contribution in [0.3, 0.4) is 0 Å². The summed E-state index contributed by atoms with van der Waals surface area (Å²) in [6.07, 6.45) is 4.02. The van der Waals surface area contributed by atoms with Gasteiger partial charge in [-0.25, -0.2) is 0 Å². The lowest BCUT2D eigenvalue weighted by Crippen LogP contribution is -2.24. The zero-order chi connectivity index (χ0) is 13.7. The van der Waals surface area contributed by atoms with E-state index in [1.54, 1.807) is 11.3 Å². The Balaban J connectivity index is 2.18. The molecule has 0 bridgehead atoms. The minimum Gasteiger partial charge on any atom is -0.310 e. The van der Waals surface area contributed by atoms with Crippen LogP contribution >= 0.6 is 27.3 Å². The number of nitrogens with one attached hydrogen (secondary N) is 1. The first kappa shape index (κ1) is 14.7. The molecule has 102 valence electrons. The highest BCUT2D eigenvalue weighted by Gasteiger charge is 2.15. The molecule has 2 heterocycles. The molecule has 0 spiro atoms. The van der Waals surface area contributed by atoms with Crippen molar-refractivity contribution in [2.45, 2.75) is 32.7 Å². The second kappa shape index (κ2) is 7.17. The van der Waals surface area contributed by atoms with Gasteiger partial charge in [0, 0.05) is 39.1 Å². The lowest BCUT2D eigenvalue weighted by molar-refractivity contribution is 0.528. The van der Waals surface area contributed by atoms with Gasteiger partial charge in [-0.15, -0.1) is 11.3 Å². The van der Waals surface area contributed by atoms with Crippen LogP contribution in [0.5, 0.6) is 0 Å². The number of thiophene rings is 1. The molecule has 0 aliphatic carbocycles. The second-order valence-corrected chi connectivity index (χ2v) is 6.53. The molecule has 0 aliphatic rings. The Bertz CT molecular complexity index is 524. The number of halogens is 1. The molecule has 0 fully saturated rings. The number of hydrogen-bond donors (Lipinski definition) is 1. The fourth-order valence-electron chi connectivity index (χ4n) is 2.14. The van der Waals surface area contributed by atoms with E-state index in [9.17, 15) is 0 Å². The normalized spacial score (nSPS) is 12.6. The Hall–Kier alpha value is -0.710. The smallest absolute Gasteiger partial charge is 0.0420 e. The van der Waals surface area contributed by atoms with Gasteiger partial charge in [0.15, 0.2) is 0 Å². The van der Waals surface area contributed by atoms with Crippen LogP contribution in [-0.2, 0) is 6.42 Å². The Labute approximate surface area is 127 Å². The maximum absolute atomic E-state index is 4.41. The fourth-order valence-corrected chi connectivity index (χ4v) is 3.64. The first-order chi connectivity index (χ1) is 9.20. The highest BCUT2D eigenvalue weighted by molar-refractivity contribution is 9.10. The second-order valence-electron chi connectivity index (χ2n) is 4.62. The predicted molar refractivity (Wildman–Crippen MR) is 85.7 cm³/mol. The van der Waals surface area contributed by atoms with Gasteiger partial charge in [-0.2, -0.15) is 0 Å². The molecule has 19 heavy (non-hydrogen) atoms. The molecule has 0 aliphatic heterocycles. The molecule has 2 rings (SSSR count). The quantitative estimate of drug-likeness (QED) is 0.838. The number of rotatable bonds is 6. The van der Waals surface area contributed by atoms with Gasteiger partial charge in [-0.1, -0.05) is 13.0 Å². The van der Waals surface area contributed by atoms with Crippen molar-refractivity contribution in [1.29, 1.82) is 0 Å². The van der Waals surface area contributed by atoms with Crippen LogP contribution in [0.25, 0.3) is 0 Å². The lowest BCUT2D eigenvalue weighted by atomic mass is 10.0. The van der Waals surface area contributed by atoms with Crippen molar-refractivity contribution in [2.24, 2.45) is 0 Å². The molecular formula is C15H19BrN2S. The minimum atomic E-state index is 0.346. The molecule has 4 heteroatoms. The fraction of sp³-hybridized carbons (Fsp3) is 0.400. The van der Waals surface area contributed by atoms with Gasteiger partial charge in [0.2, 0.25) is 0 Å². The van der Waals surface area contributed by atoms with Crippen LogP contribution in [0.15, 0.2) is 34.2 Å². The van der Waals surface area contributed by atoms with Crippen LogP contribution in [0.4, 0.5) is 0 Å². The molecule has 0 saturated heterocycles. The zero-order valence-corrected chi connectivity index (χ0v) is 13.7. The van der Waals surface area contributed by atoms with Crippen LogP contribution < -0.4 is 5.32 Å². The standard InChI is InChI=1S/C15H19BrN2S/c1-3-6-18-15(9-13-8-12(16)10-19-13)14-5-4-7-17-11(14)2/h4-5,7-8,10,15,18H,3,6,9H2,1-2H3. The Kier molecular flexibility index (Phi) is 5.55. The van der Waals surface area contributed by atoms with Crippen molar-refractivity contribution in [2.75, 3.05) is 6.54 Å². The van der Waals surface area contributed by atoms with Gasteiger partial charge in [0.1, 0.15) is 0 Å². The van der Waals surface area contributed by atoms with Gasteiger partial charge < -0.3 is 5.32 Å². The Morgan fingerprint density at radius 1 is 1.47 bits per heavy atom. The molecule has 0 aromatic carbocycles. The summed E-state index contributed by atoms with van der Waals surface area (Å²) in [7, 11) is 0. The molecule has 2 aromatic rings. The van der Waals surface area contributed by atoms with Gasteiger partial charge in [-0.3, -0.25) is 4.98 Å². The monoisotopic (exact) mass is 338 g/mol. The van der Waals surface area contributed by atoms with Crippen molar-refractivity contribution >= 4 is 27.3 Å². The van der Waals surface area contributed by atoms with Gasteiger partial charge in [0.25, 0.3) is 0 Å². The van der Waals surface area contributed by atoms with E-state index in [0.29, 0.717) is 6.04 Å². The van der Waals surface area contributed by atoms with E-state index in [1.165, 1.54) is 14.9 Å². The number of aromatic nitrogens is 1. The maximum atomic E-state index is 4.41. The summed E-state index contributed by atoms with van der Waals surface area (Å²) in [6.45, 7) is 5.31. The minimum absolute atomic E-state index is 0.346. The zero-order valence-electron chi connectivity index (χ0n) is 11.3. The van der Waals surface area contributed by atoms with Crippen LogP contribution in [0.2, 0.25) is 0 Å². The van der Waals surface area contributed by atoms with E-state index >= 15 is 0 Å². The highest BCUT2D eigenvalue weighted by Crippen LogP contribution is 2.26. The molecule has 2 nitrogen and oxygen atoms in total. The average Bonchev–Trinajstić information content (AvgIpc) is 2.81. The predicted octanol–water partition coefficient (Wildman–Crippen LogP) is 4.50. The summed E-state index contributed by atoms with van der Waals surface area (Å²) >= 11 is 5.33. The van der Waals surface area contributed by atoms with Crippen LogP contribution in [0, 0.1) is 6.92 Å². The number of nitrogens with zero attached hydrogens (tertiary/aromatic N) is 1. The van der Waals surface area contributed by atoms with E-state index in [1.807, 2.05) is 12.3 Å². The van der Waals surface area contributed by atoms with Gasteiger partial charge in [0.05, 0.1) is 0 Å². The molecule has 0 amide bonds. The summed E-state index contributed by atoms with van der Waals surface area (Å²) in [5.74, 6) is 0. The largest absolute Gasteiger partial charge is 0.310 e. The molecule has 0 radical (unpaired) electrons. The SMILES string of the molecule is CCCNC(Cc1cc(Br)cs1)c1cccnc1C. The lowest BCUT2D eigenvalue weighted by Gasteiger charge is -2.19. The average molecular weight is 339 g/mol. The van der Waals surface area contributed by atoms with Crippen LogP contribution in [-0.4, -0.2) is 11.5 Å². The molecule has 2 aromatic heterocycles. The molecule has 1 unspecified atom stereocenters. The van der Waals surface area contributed by atoms with E-state index in [0.717, 1.165) is 25.1 Å². The van der Waals surface area contributed by atoms with Crippen molar-refractivity contribution in [1.82, 2.24) is 10.3 Å². The van der Waals surface area contributed by atoms with Crippen molar-refractivity contribution in [3.05, 3.63) is 50.4 Å². The first-order valence-electron chi connectivity index (χ1n) is 6.58. The van der Waals surface area contributed by atoms with E-state index in [2.05, 4.69) is 57.6 Å². The molecule has 1 atom stereocenters. The Morgan fingerprint density at radius 3 is 2.95 bits per heavy atom. The highest BCUT2D eigenvalue weighted by atomic mass is 79.9. The van der Waals surface area contributed by atoms with Crippen molar-refractivity contribution < 1.29 is 0 Å². The molecule has 1 N–H and O–H groups in total. The molecular weight excluding hydrogens is 320 g/mol. The van der Waals surface area contributed by atoms with Gasteiger partial charge in [-0.05, 0) is 53.5 Å². The number of aryl methyl sites for hydroxylation is 1. The molecule has 0 saturated carbocycles. The summed E-state index contributed by atoms with van der Waals surface area (Å²) in [4.78, 5) is 5.80. The summed E-state index contributed by atoms with van der Waals surface area (Å²) < 4.78 is 1.17. The van der Waals surface area contributed by atoms with Crippen LogP contribution in [0.1, 0.15) is 35.5 Å². The van der Waals surface area contributed by atoms with E-state index in [-0.39, 0.29) is 0 Å². The third kappa shape index (κ3) is 4.13.